The second kappa shape index (κ2) is 10.5. The zero-order valence-corrected chi connectivity index (χ0v) is 19.0. The Balaban J connectivity index is 1.34. The van der Waals surface area contributed by atoms with Crippen molar-refractivity contribution < 1.29 is 18.4 Å². The van der Waals surface area contributed by atoms with E-state index < -0.39 is 11.8 Å². The molecule has 0 aliphatic heterocycles. The molecule has 0 aliphatic rings. The molecule has 0 bridgehead atoms. The number of hydrogen-bond donors (Lipinski definition) is 1. The maximum absolute atomic E-state index is 12.9. The van der Waals surface area contributed by atoms with Crippen LogP contribution in [0.5, 0.6) is 0 Å². The van der Waals surface area contributed by atoms with Gasteiger partial charge in [-0.05, 0) is 79.4 Å². The molecule has 1 aromatic heterocycles. The second-order valence-corrected chi connectivity index (χ2v) is 8.33. The Bertz CT molecular complexity index is 1370. The number of benzene rings is 3. The molecule has 34 heavy (non-hydrogen) atoms. The van der Waals surface area contributed by atoms with Gasteiger partial charge in [-0.2, -0.15) is 4.57 Å². The van der Waals surface area contributed by atoms with Crippen molar-refractivity contribution in [1.29, 1.82) is 0 Å². The van der Waals surface area contributed by atoms with E-state index in [1.54, 1.807) is 42.5 Å². The molecule has 4 aromatic rings. The van der Waals surface area contributed by atoms with E-state index >= 15 is 0 Å². The molecule has 0 saturated heterocycles. The molecule has 0 saturated carbocycles. The first-order valence-electron chi connectivity index (χ1n) is 10.9. The molecule has 8 heteroatoms. The Morgan fingerprint density at radius 2 is 1.62 bits per heavy atom. The second-order valence-electron chi connectivity index (χ2n) is 7.89. The van der Waals surface area contributed by atoms with Crippen molar-refractivity contribution >= 4 is 34.5 Å². The predicted molar refractivity (Wildman–Crippen MR) is 128 cm³/mol. The van der Waals surface area contributed by atoms with Crippen molar-refractivity contribution in [2.45, 2.75) is 25.7 Å². The molecule has 0 unspecified atom stereocenters. The summed E-state index contributed by atoms with van der Waals surface area (Å²) in [5.41, 5.74) is 2.28. The van der Waals surface area contributed by atoms with Gasteiger partial charge in [0.15, 0.2) is 11.4 Å². The maximum Gasteiger partial charge on any atom is 0.428 e. The normalized spacial score (nSPS) is 11.0. The molecule has 4 rings (SSSR count). The van der Waals surface area contributed by atoms with Crippen LogP contribution in [0.25, 0.3) is 11.1 Å². The number of rotatable bonds is 8. The highest BCUT2D eigenvalue weighted by molar-refractivity contribution is 6.30. The quantitative estimate of drug-likeness (QED) is 0.263. The fourth-order valence-corrected chi connectivity index (χ4v) is 3.80. The smallest absolute Gasteiger partial charge is 0.407 e. The van der Waals surface area contributed by atoms with Crippen LogP contribution in [0.4, 0.5) is 9.18 Å². The van der Waals surface area contributed by atoms with Crippen LogP contribution in [0.1, 0.15) is 40.7 Å². The van der Waals surface area contributed by atoms with E-state index in [9.17, 15) is 18.8 Å². The molecule has 1 amide bonds. The van der Waals surface area contributed by atoms with Gasteiger partial charge in [0.25, 0.3) is 0 Å². The Morgan fingerprint density at radius 3 is 2.35 bits per heavy atom. The molecule has 3 aromatic carbocycles. The van der Waals surface area contributed by atoms with E-state index in [1.165, 1.54) is 24.3 Å². The Kier molecular flexibility index (Phi) is 7.23. The third-order valence-electron chi connectivity index (χ3n) is 5.48. The molecule has 0 radical (unpaired) electrons. The number of fused-ring (bicyclic) bond motifs is 1. The van der Waals surface area contributed by atoms with Crippen molar-refractivity contribution in [3.63, 3.8) is 0 Å². The van der Waals surface area contributed by atoms with Crippen molar-refractivity contribution in [1.82, 2.24) is 9.88 Å². The number of nitrogens with zero attached hydrogens (tertiary/aromatic N) is 1. The van der Waals surface area contributed by atoms with Crippen molar-refractivity contribution in [2.75, 3.05) is 6.54 Å². The molecule has 6 nitrogen and oxygen atoms in total. The Labute approximate surface area is 200 Å². The molecule has 0 fully saturated rings. The fourth-order valence-electron chi connectivity index (χ4n) is 3.68. The largest absolute Gasteiger partial charge is 0.428 e. The van der Waals surface area contributed by atoms with Crippen LogP contribution in [-0.2, 0) is 6.42 Å². The lowest BCUT2D eigenvalue weighted by Crippen LogP contribution is -2.34. The molecule has 0 spiro atoms. The number of carbonyl (C=O) groups is 2. The summed E-state index contributed by atoms with van der Waals surface area (Å²) in [4.78, 5) is 37.6. The summed E-state index contributed by atoms with van der Waals surface area (Å²) >= 11 is 5.87. The van der Waals surface area contributed by atoms with Gasteiger partial charge in [-0.1, -0.05) is 30.2 Å². The minimum absolute atomic E-state index is 0.152. The number of unbranched alkanes of at least 4 members (excludes halogenated alkanes) is 2. The third kappa shape index (κ3) is 5.43. The molecular formula is C26H22ClFN2O4. The monoisotopic (exact) mass is 480 g/mol. The lowest BCUT2D eigenvalue weighted by atomic mass is 10.0. The van der Waals surface area contributed by atoms with Crippen LogP contribution >= 0.6 is 11.6 Å². The zero-order valence-electron chi connectivity index (χ0n) is 18.2. The number of aromatic nitrogens is 1. The standard InChI is InChI=1S/C26H22ClFN2O4/c27-20-10-7-18(8-11-20)24(31)19-9-14-22-23(16-19)34-26(33)30(22)25(32)29-15-3-1-2-4-17-5-12-21(28)13-6-17/h5-14,16H,1-4,15H2,(H,29,32). The topological polar surface area (TPSA) is 81.3 Å². The number of oxazole rings is 1. The summed E-state index contributed by atoms with van der Waals surface area (Å²) in [5, 5.41) is 3.25. The van der Waals surface area contributed by atoms with Gasteiger partial charge in [-0.15, -0.1) is 0 Å². The highest BCUT2D eigenvalue weighted by Gasteiger charge is 2.18. The first-order chi connectivity index (χ1) is 16.4. The number of aryl methyl sites for hydroxylation is 1. The average molecular weight is 481 g/mol. The number of halogens is 2. The van der Waals surface area contributed by atoms with Crippen LogP contribution in [0.15, 0.2) is 75.9 Å². The first kappa shape index (κ1) is 23.4. The third-order valence-corrected chi connectivity index (χ3v) is 5.74. The van der Waals surface area contributed by atoms with E-state index in [2.05, 4.69) is 5.32 Å². The maximum atomic E-state index is 12.9. The van der Waals surface area contributed by atoms with Crippen LogP contribution in [0, 0.1) is 5.82 Å². The van der Waals surface area contributed by atoms with E-state index in [0.717, 1.165) is 35.8 Å². The minimum atomic E-state index is -0.820. The average Bonchev–Trinajstić information content (AvgIpc) is 3.17. The van der Waals surface area contributed by atoms with Gasteiger partial charge in [0.2, 0.25) is 0 Å². The number of nitrogens with one attached hydrogen (secondary N) is 1. The summed E-state index contributed by atoms with van der Waals surface area (Å²) in [7, 11) is 0. The van der Waals surface area contributed by atoms with Crippen LogP contribution < -0.4 is 11.1 Å². The number of amides is 1. The molecule has 0 atom stereocenters. The molecule has 1 N–H and O–H groups in total. The Hall–Kier alpha value is -3.71. The van der Waals surface area contributed by atoms with E-state index in [1.807, 2.05) is 0 Å². The van der Waals surface area contributed by atoms with Gasteiger partial charge in [-0.3, -0.25) is 4.79 Å². The van der Waals surface area contributed by atoms with Crippen LogP contribution in [0.2, 0.25) is 5.02 Å². The summed E-state index contributed by atoms with van der Waals surface area (Å²) in [6, 6.07) is 16.8. The van der Waals surface area contributed by atoms with Crippen molar-refractivity contribution in [3.05, 3.63) is 105 Å². The summed E-state index contributed by atoms with van der Waals surface area (Å²) in [6.07, 6.45) is 3.34. The minimum Gasteiger partial charge on any atom is -0.407 e. The fraction of sp³-hybridized carbons (Fsp3) is 0.192. The van der Waals surface area contributed by atoms with Gasteiger partial charge in [0, 0.05) is 22.7 Å². The van der Waals surface area contributed by atoms with Gasteiger partial charge >= 0.3 is 11.8 Å². The number of hydrogen-bond acceptors (Lipinski definition) is 4. The molecule has 0 aliphatic carbocycles. The van der Waals surface area contributed by atoms with Crippen LogP contribution in [0.3, 0.4) is 0 Å². The van der Waals surface area contributed by atoms with Crippen LogP contribution in [-0.4, -0.2) is 22.9 Å². The van der Waals surface area contributed by atoms with Crippen molar-refractivity contribution in [2.24, 2.45) is 0 Å². The van der Waals surface area contributed by atoms with Gasteiger partial charge in [0.1, 0.15) is 5.82 Å². The zero-order chi connectivity index (χ0) is 24.1. The lowest BCUT2D eigenvalue weighted by Gasteiger charge is -2.06. The first-order valence-corrected chi connectivity index (χ1v) is 11.3. The van der Waals surface area contributed by atoms with Gasteiger partial charge in [0.05, 0.1) is 5.52 Å². The lowest BCUT2D eigenvalue weighted by molar-refractivity contribution is 0.103. The SMILES string of the molecule is O=C(c1ccc(Cl)cc1)c1ccc2c(c1)oc(=O)n2C(=O)NCCCCCc1ccc(F)cc1. The van der Waals surface area contributed by atoms with E-state index in [0.29, 0.717) is 22.7 Å². The highest BCUT2D eigenvalue weighted by atomic mass is 35.5. The van der Waals surface area contributed by atoms with E-state index in [4.69, 9.17) is 16.0 Å². The molecule has 174 valence electrons. The summed E-state index contributed by atoms with van der Waals surface area (Å²) in [5.74, 6) is -1.32. The molecule has 1 heterocycles. The van der Waals surface area contributed by atoms with Gasteiger partial charge in [-0.25, -0.2) is 14.0 Å². The van der Waals surface area contributed by atoms with Gasteiger partial charge < -0.3 is 9.73 Å². The predicted octanol–water partition coefficient (Wildman–Crippen LogP) is 5.59. The number of ketones is 1. The highest BCUT2D eigenvalue weighted by Crippen LogP contribution is 2.19. The molecular weight excluding hydrogens is 459 g/mol. The van der Waals surface area contributed by atoms with E-state index in [-0.39, 0.29) is 22.7 Å². The van der Waals surface area contributed by atoms with Crippen molar-refractivity contribution in [3.8, 4) is 0 Å². The number of carbonyl (C=O) groups excluding carboxylic acids is 2. The Morgan fingerprint density at radius 1 is 0.912 bits per heavy atom. The summed E-state index contributed by atoms with van der Waals surface area (Å²) < 4.78 is 19.1. The summed E-state index contributed by atoms with van der Waals surface area (Å²) in [6.45, 7) is 0.397.